The van der Waals surface area contributed by atoms with Gasteiger partial charge in [0.2, 0.25) is 5.91 Å². The fourth-order valence-corrected chi connectivity index (χ4v) is 2.61. The first-order chi connectivity index (χ1) is 10.0. The van der Waals surface area contributed by atoms with Crippen molar-refractivity contribution in [2.24, 2.45) is 0 Å². The molecule has 1 amide bonds. The molecule has 0 saturated carbocycles. The van der Waals surface area contributed by atoms with Crippen molar-refractivity contribution in [3.05, 3.63) is 65.5 Å². The van der Waals surface area contributed by atoms with E-state index in [0.717, 1.165) is 10.5 Å². The van der Waals surface area contributed by atoms with E-state index in [1.165, 1.54) is 29.5 Å². The number of hydrogen-bond donors (Lipinski definition) is 1. The van der Waals surface area contributed by atoms with Crippen LogP contribution in [0.15, 0.2) is 53.4 Å². The minimum absolute atomic E-state index is 0.0214. The second-order valence-corrected chi connectivity index (χ2v) is 5.99. The third-order valence-electron chi connectivity index (χ3n) is 3.14. The maximum atomic E-state index is 12.8. The quantitative estimate of drug-likeness (QED) is 0.842. The summed E-state index contributed by atoms with van der Waals surface area (Å²) in [5.74, 6) is 0.0242. The fourth-order valence-electron chi connectivity index (χ4n) is 1.90. The molecule has 4 heteroatoms. The summed E-state index contributed by atoms with van der Waals surface area (Å²) in [5.41, 5.74) is 2.28. The zero-order valence-electron chi connectivity index (χ0n) is 12.1. The van der Waals surface area contributed by atoms with E-state index < -0.39 is 0 Å². The van der Waals surface area contributed by atoms with Crippen molar-refractivity contribution in [2.45, 2.75) is 24.8 Å². The molecule has 1 unspecified atom stereocenters. The number of carbonyl (C=O) groups excluding carboxylic acids is 1. The Morgan fingerprint density at radius 2 is 1.76 bits per heavy atom. The van der Waals surface area contributed by atoms with E-state index in [1.807, 2.05) is 38.1 Å². The van der Waals surface area contributed by atoms with Gasteiger partial charge in [0.25, 0.3) is 0 Å². The summed E-state index contributed by atoms with van der Waals surface area (Å²) in [5, 5.41) is 2.96. The lowest BCUT2D eigenvalue weighted by Crippen LogP contribution is -2.28. The van der Waals surface area contributed by atoms with Crippen LogP contribution >= 0.6 is 11.8 Å². The Morgan fingerprint density at radius 3 is 2.38 bits per heavy atom. The van der Waals surface area contributed by atoms with Gasteiger partial charge in [0, 0.05) is 4.90 Å². The second kappa shape index (κ2) is 7.27. The molecule has 2 rings (SSSR count). The summed E-state index contributed by atoms with van der Waals surface area (Å²) in [4.78, 5) is 12.8. The van der Waals surface area contributed by atoms with Crippen molar-refractivity contribution in [1.29, 1.82) is 0 Å². The average Bonchev–Trinajstić information content (AvgIpc) is 2.47. The lowest BCUT2D eigenvalue weighted by atomic mass is 10.1. The molecular formula is C17H18FNOS. The van der Waals surface area contributed by atoms with Crippen LogP contribution in [0.3, 0.4) is 0 Å². The smallest absolute Gasteiger partial charge is 0.230 e. The van der Waals surface area contributed by atoms with Gasteiger partial charge in [0.05, 0.1) is 11.8 Å². The molecule has 0 aliphatic rings. The summed E-state index contributed by atoms with van der Waals surface area (Å²) in [6.45, 7) is 4.00. The summed E-state index contributed by atoms with van der Waals surface area (Å²) in [6, 6.07) is 14.2. The minimum Gasteiger partial charge on any atom is -0.349 e. The van der Waals surface area contributed by atoms with Gasteiger partial charge < -0.3 is 5.32 Å². The van der Waals surface area contributed by atoms with Gasteiger partial charge in [-0.25, -0.2) is 4.39 Å². The van der Waals surface area contributed by atoms with Crippen LogP contribution in [0, 0.1) is 12.7 Å². The number of thioether (sulfide) groups is 1. The Morgan fingerprint density at radius 1 is 1.14 bits per heavy atom. The van der Waals surface area contributed by atoms with E-state index in [1.54, 1.807) is 12.1 Å². The van der Waals surface area contributed by atoms with Crippen LogP contribution in [0.2, 0.25) is 0 Å². The van der Waals surface area contributed by atoms with Gasteiger partial charge >= 0.3 is 0 Å². The molecule has 0 aliphatic heterocycles. The zero-order valence-corrected chi connectivity index (χ0v) is 12.9. The predicted octanol–water partition coefficient (Wildman–Crippen LogP) is 4.10. The van der Waals surface area contributed by atoms with Crippen LogP contribution in [-0.4, -0.2) is 11.7 Å². The maximum absolute atomic E-state index is 12.8. The number of amides is 1. The summed E-state index contributed by atoms with van der Waals surface area (Å²) >= 11 is 1.40. The van der Waals surface area contributed by atoms with Crippen molar-refractivity contribution in [3.8, 4) is 0 Å². The first kappa shape index (κ1) is 15.6. The lowest BCUT2D eigenvalue weighted by Gasteiger charge is -2.14. The third-order valence-corrected chi connectivity index (χ3v) is 4.15. The monoisotopic (exact) mass is 303 g/mol. The number of hydrogen-bond acceptors (Lipinski definition) is 2. The first-order valence-electron chi connectivity index (χ1n) is 6.79. The third kappa shape index (κ3) is 4.90. The molecule has 1 atom stereocenters. The molecule has 0 radical (unpaired) electrons. The molecule has 0 fully saturated rings. The van der Waals surface area contributed by atoms with E-state index in [2.05, 4.69) is 5.32 Å². The van der Waals surface area contributed by atoms with E-state index in [4.69, 9.17) is 0 Å². The Hall–Kier alpha value is -1.81. The minimum atomic E-state index is -0.267. The molecule has 2 aromatic carbocycles. The molecule has 0 aromatic heterocycles. The second-order valence-electron chi connectivity index (χ2n) is 4.94. The zero-order chi connectivity index (χ0) is 15.2. The summed E-state index contributed by atoms with van der Waals surface area (Å²) in [7, 11) is 0. The topological polar surface area (TPSA) is 29.1 Å². The lowest BCUT2D eigenvalue weighted by molar-refractivity contribution is -0.119. The van der Waals surface area contributed by atoms with E-state index in [-0.39, 0.29) is 17.8 Å². The van der Waals surface area contributed by atoms with Crippen LogP contribution in [0.25, 0.3) is 0 Å². The Bertz CT molecular complexity index is 595. The molecule has 21 heavy (non-hydrogen) atoms. The molecule has 0 bridgehead atoms. The molecule has 0 spiro atoms. The van der Waals surface area contributed by atoms with Gasteiger partial charge in [-0.15, -0.1) is 11.8 Å². The van der Waals surface area contributed by atoms with Crippen molar-refractivity contribution >= 4 is 17.7 Å². The van der Waals surface area contributed by atoms with Crippen molar-refractivity contribution in [1.82, 2.24) is 5.32 Å². The van der Waals surface area contributed by atoms with Crippen LogP contribution in [-0.2, 0) is 4.79 Å². The number of rotatable bonds is 5. The van der Waals surface area contributed by atoms with Crippen molar-refractivity contribution < 1.29 is 9.18 Å². The average molecular weight is 303 g/mol. The van der Waals surface area contributed by atoms with Gasteiger partial charge in [-0.1, -0.05) is 29.8 Å². The molecule has 0 aliphatic carbocycles. The van der Waals surface area contributed by atoms with Crippen LogP contribution in [0.5, 0.6) is 0 Å². The van der Waals surface area contributed by atoms with Crippen LogP contribution in [0.1, 0.15) is 24.1 Å². The number of aryl methyl sites for hydroxylation is 1. The normalized spacial score (nSPS) is 12.0. The Balaban J connectivity index is 1.83. The molecule has 0 heterocycles. The SMILES string of the molecule is Cc1ccc(C(C)NC(=O)CSc2ccc(F)cc2)cc1. The van der Waals surface area contributed by atoms with Gasteiger partial charge in [-0.05, 0) is 43.7 Å². The van der Waals surface area contributed by atoms with E-state index in [0.29, 0.717) is 5.75 Å². The predicted molar refractivity (Wildman–Crippen MR) is 84.9 cm³/mol. The summed E-state index contributed by atoms with van der Waals surface area (Å²) < 4.78 is 12.8. The highest BCUT2D eigenvalue weighted by atomic mass is 32.2. The van der Waals surface area contributed by atoms with Crippen LogP contribution in [0.4, 0.5) is 4.39 Å². The molecular weight excluding hydrogens is 285 g/mol. The Kier molecular flexibility index (Phi) is 5.39. The van der Waals surface area contributed by atoms with Gasteiger partial charge in [-0.2, -0.15) is 0 Å². The van der Waals surface area contributed by atoms with Gasteiger partial charge in [-0.3, -0.25) is 4.79 Å². The molecule has 0 saturated heterocycles. The summed E-state index contributed by atoms with van der Waals surface area (Å²) in [6.07, 6.45) is 0. The largest absolute Gasteiger partial charge is 0.349 e. The van der Waals surface area contributed by atoms with Crippen LogP contribution < -0.4 is 5.32 Å². The standard InChI is InChI=1S/C17H18FNOS/c1-12-3-5-14(6-4-12)13(2)19-17(20)11-21-16-9-7-15(18)8-10-16/h3-10,13H,11H2,1-2H3,(H,19,20). The van der Waals surface area contributed by atoms with E-state index in [9.17, 15) is 9.18 Å². The van der Waals surface area contributed by atoms with Gasteiger partial charge in [0.1, 0.15) is 5.82 Å². The van der Waals surface area contributed by atoms with Crippen molar-refractivity contribution in [2.75, 3.05) is 5.75 Å². The van der Waals surface area contributed by atoms with Gasteiger partial charge in [0.15, 0.2) is 0 Å². The highest BCUT2D eigenvalue weighted by molar-refractivity contribution is 8.00. The molecule has 110 valence electrons. The highest BCUT2D eigenvalue weighted by Gasteiger charge is 2.09. The fraction of sp³-hybridized carbons (Fsp3) is 0.235. The number of nitrogens with one attached hydrogen (secondary N) is 1. The molecule has 2 aromatic rings. The Labute approximate surface area is 128 Å². The highest BCUT2D eigenvalue weighted by Crippen LogP contribution is 2.18. The van der Waals surface area contributed by atoms with Crippen molar-refractivity contribution in [3.63, 3.8) is 0 Å². The number of carbonyl (C=O) groups is 1. The number of benzene rings is 2. The maximum Gasteiger partial charge on any atom is 0.230 e. The molecule has 1 N–H and O–H groups in total. The molecule has 2 nitrogen and oxygen atoms in total. The van der Waals surface area contributed by atoms with E-state index >= 15 is 0 Å². The first-order valence-corrected chi connectivity index (χ1v) is 7.77. The number of halogens is 1.